The normalized spacial score (nSPS) is 17.7. The number of hydrogen-bond donors (Lipinski definition) is 1. The number of carbonyl (C=O) groups excluding carboxylic acids is 1. The lowest BCUT2D eigenvalue weighted by Gasteiger charge is -2.31. The Labute approximate surface area is 170 Å². The standard InChI is InChI=1S/C21H25FN2O4S/c1-14-6-7-17(22)12-19(14)23-21(25)16-5-4-10-24(13-16)29(26,27)18-8-9-20(28-3)15(2)11-18/h6-9,11-12,16H,4-5,10,13H2,1-3H3,(H,23,25). The molecule has 1 saturated heterocycles. The summed E-state index contributed by atoms with van der Waals surface area (Å²) >= 11 is 0. The van der Waals surface area contributed by atoms with Crippen molar-refractivity contribution in [2.75, 3.05) is 25.5 Å². The van der Waals surface area contributed by atoms with E-state index in [1.54, 1.807) is 32.0 Å². The molecule has 2 aromatic rings. The number of aryl methyl sites for hydroxylation is 2. The molecule has 1 atom stereocenters. The monoisotopic (exact) mass is 420 g/mol. The molecule has 156 valence electrons. The van der Waals surface area contributed by atoms with Gasteiger partial charge in [0.2, 0.25) is 15.9 Å². The molecule has 29 heavy (non-hydrogen) atoms. The van der Waals surface area contributed by atoms with Crippen LogP contribution in [0.25, 0.3) is 0 Å². The number of ether oxygens (including phenoxy) is 1. The van der Waals surface area contributed by atoms with Crippen LogP contribution in [-0.4, -0.2) is 38.8 Å². The second-order valence-electron chi connectivity index (χ2n) is 7.28. The van der Waals surface area contributed by atoms with E-state index in [2.05, 4.69) is 5.32 Å². The van der Waals surface area contributed by atoms with E-state index < -0.39 is 21.8 Å². The first-order valence-corrected chi connectivity index (χ1v) is 10.9. The van der Waals surface area contributed by atoms with Crippen molar-refractivity contribution in [1.29, 1.82) is 0 Å². The highest BCUT2D eigenvalue weighted by Gasteiger charge is 2.33. The Morgan fingerprint density at radius 1 is 1.17 bits per heavy atom. The molecular weight excluding hydrogens is 395 g/mol. The van der Waals surface area contributed by atoms with Crippen LogP contribution in [0.4, 0.5) is 10.1 Å². The Hall–Kier alpha value is -2.45. The highest BCUT2D eigenvalue weighted by molar-refractivity contribution is 7.89. The Morgan fingerprint density at radius 3 is 2.62 bits per heavy atom. The summed E-state index contributed by atoms with van der Waals surface area (Å²) in [5.41, 5.74) is 1.87. The van der Waals surface area contributed by atoms with Crippen molar-refractivity contribution in [1.82, 2.24) is 4.31 Å². The molecule has 1 fully saturated rings. The zero-order valence-corrected chi connectivity index (χ0v) is 17.6. The first kappa shape index (κ1) is 21.3. The number of halogens is 1. The molecule has 1 heterocycles. The van der Waals surface area contributed by atoms with Crippen LogP contribution < -0.4 is 10.1 Å². The Bertz CT molecular complexity index is 1020. The maximum atomic E-state index is 13.5. The third-order valence-corrected chi connectivity index (χ3v) is 7.08. The van der Waals surface area contributed by atoms with E-state index in [1.807, 2.05) is 0 Å². The molecule has 0 aromatic heterocycles. The van der Waals surface area contributed by atoms with Crippen molar-refractivity contribution in [2.24, 2.45) is 5.92 Å². The molecule has 1 unspecified atom stereocenters. The lowest BCUT2D eigenvalue weighted by atomic mass is 9.98. The molecule has 0 aliphatic carbocycles. The van der Waals surface area contributed by atoms with E-state index in [9.17, 15) is 17.6 Å². The largest absolute Gasteiger partial charge is 0.496 e. The van der Waals surface area contributed by atoms with Crippen LogP contribution in [0.2, 0.25) is 0 Å². The molecule has 0 radical (unpaired) electrons. The number of nitrogens with one attached hydrogen (secondary N) is 1. The number of anilines is 1. The van der Waals surface area contributed by atoms with Gasteiger partial charge in [0.1, 0.15) is 11.6 Å². The average molecular weight is 421 g/mol. The van der Waals surface area contributed by atoms with E-state index in [-0.39, 0.29) is 17.3 Å². The van der Waals surface area contributed by atoms with E-state index in [0.717, 1.165) is 11.1 Å². The first-order chi connectivity index (χ1) is 13.7. The average Bonchev–Trinajstić information content (AvgIpc) is 2.70. The molecule has 0 spiro atoms. The van der Waals surface area contributed by atoms with Gasteiger partial charge in [-0.2, -0.15) is 4.31 Å². The van der Waals surface area contributed by atoms with Gasteiger partial charge in [-0.25, -0.2) is 12.8 Å². The number of sulfonamides is 1. The summed E-state index contributed by atoms with van der Waals surface area (Å²) in [5.74, 6) is -0.621. The van der Waals surface area contributed by atoms with E-state index in [0.29, 0.717) is 30.8 Å². The molecule has 1 N–H and O–H groups in total. The summed E-state index contributed by atoms with van der Waals surface area (Å²) in [5, 5.41) is 2.74. The quantitative estimate of drug-likeness (QED) is 0.803. The van der Waals surface area contributed by atoms with Gasteiger partial charge in [-0.1, -0.05) is 6.07 Å². The van der Waals surface area contributed by atoms with Crippen LogP contribution in [-0.2, 0) is 14.8 Å². The number of piperidine rings is 1. The van der Waals surface area contributed by atoms with Crippen LogP contribution in [0.15, 0.2) is 41.3 Å². The Kier molecular flexibility index (Phi) is 6.24. The van der Waals surface area contributed by atoms with Crippen molar-refractivity contribution in [3.8, 4) is 5.75 Å². The van der Waals surface area contributed by atoms with Crippen molar-refractivity contribution in [2.45, 2.75) is 31.6 Å². The number of carbonyl (C=O) groups is 1. The zero-order chi connectivity index (χ0) is 21.2. The number of benzene rings is 2. The molecule has 6 nitrogen and oxygen atoms in total. The molecule has 1 amide bonds. The summed E-state index contributed by atoms with van der Waals surface area (Å²) < 4.78 is 46.2. The van der Waals surface area contributed by atoms with Crippen LogP contribution >= 0.6 is 0 Å². The maximum Gasteiger partial charge on any atom is 0.243 e. The minimum absolute atomic E-state index is 0.0909. The fourth-order valence-electron chi connectivity index (χ4n) is 3.50. The summed E-state index contributed by atoms with van der Waals surface area (Å²) in [7, 11) is -2.19. The molecule has 8 heteroatoms. The van der Waals surface area contributed by atoms with Crippen LogP contribution in [0, 0.1) is 25.6 Å². The summed E-state index contributed by atoms with van der Waals surface area (Å²) in [6, 6.07) is 8.91. The van der Waals surface area contributed by atoms with Gasteiger partial charge < -0.3 is 10.1 Å². The SMILES string of the molecule is COc1ccc(S(=O)(=O)N2CCCC(C(=O)Nc3cc(F)ccc3C)C2)cc1C. The van der Waals surface area contributed by atoms with E-state index in [4.69, 9.17) is 4.74 Å². The number of methoxy groups -OCH3 is 1. The summed E-state index contributed by atoms with van der Waals surface area (Å²) in [4.78, 5) is 12.9. The number of hydrogen-bond acceptors (Lipinski definition) is 4. The second-order valence-corrected chi connectivity index (χ2v) is 9.22. The molecule has 1 aliphatic heterocycles. The third-order valence-electron chi connectivity index (χ3n) is 5.22. The van der Waals surface area contributed by atoms with Gasteiger partial charge in [0.15, 0.2) is 0 Å². The fraction of sp³-hybridized carbons (Fsp3) is 0.381. The molecule has 0 saturated carbocycles. The topological polar surface area (TPSA) is 75.7 Å². The lowest BCUT2D eigenvalue weighted by Crippen LogP contribution is -2.43. The van der Waals surface area contributed by atoms with Gasteiger partial charge in [0, 0.05) is 18.8 Å². The second kappa shape index (κ2) is 8.51. The first-order valence-electron chi connectivity index (χ1n) is 9.44. The zero-order valence-electron chi connectivity index (χ0n) is 16.7. The van der Waals surface area contributed by atoms with Crippen molar-refractivity contribution in [3.63, 3.8) is 0 Å². The minimum Gasteiger partial charge on any atom is -0.496 e. The summed E-state index contributed by atoms with van der Waals surface area (Å²) in [6.45, 7) is 4.01. The molecule has 3 rings (SSSR count). The molecular formula is C21H25FN2O4S. The molecule has 0 bridgehead atoms. The van der Waals surface area contributed by atoms with Crippen LogP contribution in [0.3, 0.4) is 0 Å². The number of rotatable bonds is 5. The number of nitrogens with zero attached hydrogens (tertiary/aromatic N) is 1. The van der Waals surface area contributed by atoms with Crippen LogP contribution in [0.5, 0.6) is 5.75 Å². The summed E-state index contributed by atoms with van der Waals surface area (Å²) in [6.07, 6.45) is 1.16. The van der Waals surface area contributed by atoms with Gasteiger partial charge in [0.05, 0.1) is 17.9 Å². The van der Waals surface area contributed by atoms with Gasteiger partial charge in [-0.15, -0.1) is 0 Å². The van der Waals surface area contributed by atoms with Crippen molar-refractivity contribution < 1.29 is 22.3 Å². The highest BCUT2D eigenvalue weighted by atomic mass is 32.2. The highest BCUT2D eigenvalue weighted by Crippen LogP contribution is 2.28. The van der Waals surface area contributed by atoms with Gasteiger partial charge in [0.25, 0.3) is 0 Å². The fourth-order valence-corrected chi connectivity index (χ4v) is 5.11. The third kappa shape index (κ3) is 4.59. The van der Waals surface area contributed by atoms with E-state index in [1.165, 1.54) is 29.6 Å². The molecule has 2 aromatic carbocycles. The minimum atomic E-state index is -3.73. The smallest absolute Gasteiger partial charge is 0.243 e. The van der Waals surface area contributed by atoms with Gasteiger partial charge >= 0.3 is 0 Å². The maximum absolute atomic E-state index is 13.5. The predicted molar refractivity (Wildman–Crippen MR) is 109 cm³/mol. The Morgan fingerprint density at radius 2 is 1.93 bits per heavy atom. The van der Waals surface area contributed by atoms with E-state index >= 15 is 0 Å². The van der Waals surface area contributed by atoms with Crippen molar-refractivity contribution >= 4 is 21.6 Å². The van der Waals surface area contributed by atoms with Gasteiger partial charge in [-0.05, 0) is 68.1 Å². The predicted octanol–water partition coefficient (Wildman–Crippen LogP) is 3.49. The lowest BCUT2D eigenvalue weighted by molar-refractivity contribution is -0.120. The Balaban J connectivity index is 1.76. The van der Waals surface area contributed by atoms with Gasteiger partial charge in [-0.3, -0.25) is 4.79 Å². The number of amides is 1. The van der Waals surface area contributed by atoms with Crippen molar-refractivity contribution in [3.05, 3.63) is 53.3 Å². The van der Waals surface area contributed by atoms with Crippen LogP contribution in [0.1, 0.15) is 24.0 Å². The molecule has 1 aliphatic rings.